The SMILES string of the molecule is Cc1ccc(CC(=O)Oc2cccc([N+](=O)[O-])c2)cc1C. The van der Waals surface area contributed by atoms with Gasteiger partial charge in [0, 0.05) is 6.07 Å². The van der Waals surface area contributed by atoms with Crippen molar-refractivity contribution in [2.24, 2.45) is 0 Å². The van der Waals surface area contributed by atoms with Crippen LogP contribution in [0, 0.1) is 24.0 Å². The van der Waals surface area contributed by atoms with Gasteiger partial charge in [0.25, 0.3) is 5.69 Å². The molecule has 0 spiro atoms. The Bertz CT molecular complexity index is 694. The Kier molecular flexibility index (Phi) is 4.33. The van der Waals surface area contributed by atoms with Gasteiger partial charge in [-0.3, -0.25) is 14.9 Å². The van der Waals surface area contributed by atoms with Crippen molar-refractivity contribution in [1.29, 1.82) is 0 Å². The van der Waals surface area contributed by atoms with Gasteiger partial charge >= 0.3 is 5.97 Å². The number of benzene rings is 2. The fourth-order valence-corrected chi connectivity index (χ4v) is 1.91. The van der Waals surface area contributed by atoms with Gasteiger partial charge in [-0.1, -0.05) is 24.3 Å². The molecule has 108 valence electrons. The molecule has 2 rings (SSSR count). The Labute approximate surface area is 122 Å². The van der Waals surface area contributed by atoms with Gasteiger partial charge in [-0.25, -0.2) is 0 Å². The van der Waals surface area contributed by atoms with Crippen LogP contribution in [0.3, 0.4) is 0 Å². The molecule has 0 aliphatic heterocycles. The van der Waals surface area contributed by atoms with Crippen LogP contribution < -0.4 is 4.74 Å². The second kappa shape index (κ2) is 6.17. The Morgan fingerprint density at radius 2 is 1.90 bits per heavy atom. The normalized spacial score (nSPS) is 10.2. The molecule has 0 radical (unpaired) electrons. The lowest BCUT2D eigenvalue weighted by Crippen LogP contribution is -2.11. The fourth-order valence-electron chi connectivity index (χ4n) is 1.91. The number of nitro groups is 1. The first-order valence-corrected chi connectivity index (χ1v) is 6.47. The summed E-state index contributed by atoms with van der Waals surface area (Å²) in [6.45, 7) is 3.98. The molecule has 5 heteroatoms. The van der Waals surface area contributed by atoms with Crippen LogP contribution in [0.1, 0.15) is 16.7 Å². The summed E-state index contributed by atoms with van der Waals surface area (Å²) in [6.07, 6.45) is 0.129. The van der Waals surface area contributed by atoms with E-state index in [1.807, 2.05) is 32.0 Å². The van der Waals surface area contributed by atoms with E-state index >= 15 is 0 Å². The van der Waals surface area contributed by atoms with E-state index in [1.165, 1.54) is 24.3 Å². The lowest BCUT2D eigenvalue weighted by molar-refractivity contribution is -0.384. The van der Waals surface area contributed by atoms with E-state index in [2.05, 4.69) is 0 Å². The highest BCUT2D eigenvalue weighted by Gasteiger charge is 2.11. The molecular formula is C16H15NO4. The highest BCUT2D eigenvalue weighted by atomic mass is 16.6. The van der Waals surface area contributed by atoms with E-state index in [4.69, 9.17) is 4.74 Å². The first-order valence-electron chi connectivity index (χ1n) is 6.47. The summed E-state index contributed by atoms with van der Waals surface area (Å²) in [5.74, 6) is -0.267. The van der Waals surface area contributed by atoms with Crippen molar-refractivity contribution in [2.75, 3.05) is 0 Å². The third-order valence-corrected chi connectivity index (χ3v) is 3.18. The number of rotatable bonds is 4. The first-order chi connectivity index (χ1) is 9.95. The van der Waals surface area contributed by atoms with Crippen molar-refractivity contribution in [3.8, 4) is 5.75 Å². The molecule has 0 heterocycles. The summed E-state index contributed by atoms with van der Waals surface area (Å²) in [6, 6.07) is 11.3. The van der Waals surface area contributed by atoms with Crippen molar-refractivity contribution in [1.82, 2.24) is 0 Å². The number of non-ortho nitro benzene ring substituents is 1. The summed E-state index contributed by atoms with van der Waals surface area (Å²) in [7, 11) is 0. The van der Waals surface area contributed by atoms with Crippen molar-refractivity contribution < 1.29 is 14.5 Å². The number of hydrogen-bond acceptors (Lipinski definition) is 4. The maximum Gasteiger partial charge on any atom is 0.315 e. The number of carbonyl (C=O) groups is 1. The molecule has 5 nitrogen and oxygen atoms in total. The van der Waals surface area contributed by atoms with Crippen molar-refractivity contribution in [3.05, 3.63) is 69.3 Å². The zero-order valence-corrected chi connectivity index (χ0v) is 11.8. The lowest BCUT2D eigenvalue weighted by Gasteiger charge is -2.06. The molecular weight excluding hydrogens is 270 g/mol. The molecule has 2 aromatic carbocycles. The average Bonchev–Trinajstić information content (AvgIpc) is 2.43. The molecule has 0 N–H and O–H groups in total. The van der Waals surface area contributed by atoms with Crippen LogP contribution in [0.25, 0.3) is 0 Å². The molecule has 0 bridgehead atoms. The van der Waals surface area contributed by atoms with Gasteiger partial charge in [-0.15, -0.1) is 0 Å². The van der Waals surface area contributed by atoms with Crippen LogP contribution in [0.4, 0.5) is 5.69 Å². The number of hydrogen-bond donors (Lipinski definition) is 0. The quantitative estimate of drug-likeness (QED) is 0.374. The third kappa shape index (κ3) is 3.89. The molecule has 0 aliphatic rings. The number of ether oxygens (including phenoxy) is 1. The Balaban J connectivity index is 2.06. The van der Waals surface area contributed by atoms with Gasteiger partial charge in [-0.2, -0.15) is 0 Å². The molecule has 0 aromatic heterocycles. The molecule has 0 aliphatic carbocycles. The minimum absolute atomic E-state index is 0.105. The van der Waals surface area contributed by atoms with Gasteiger partial charge in [-0.05, 0) is 36.6 Å². The van der Waals surface area contributed by atoms with Crippen molar-refractivity contribution in [3.63, 3.8) is 0 Å². The summed E-state index contributed by atoms with van der Waals surface area (Å²) in [5.41, 5.74) is 3.02. The second-order valence-electron chi connectivity index (χ2n) is 4.82. The summed E-state index contributed by atoms with van der Waals surface area (Å²) < 4.78 is 5.14. The number of nitro benzene ring substituents is 1. The van der Waals surface area contributed by atoms with Crippen LogP contribution in [0.15, 0.2) is 42.5 Å². The van der Waals surface area contributed by atoms with Gasteiger partial charge < -0.3 is 4.74 Å². The largest absolute Gasteiger partial charge is 0.426 e. The van der Waals surface area contributed by atoms with Crippen LogP contribution in [-0.4, -0.2) is 10.9 Å². The van der Waals surface area contributed by atoms with Gasteiger partial charge in [0.1, 0.15) is 5.75 Å². The number of nitrogens with zero attached hydrogens (tertiary/aromatic N) is 1. The highest BCUT2D eigenvalue weighted by molar-refractivity contribution is 5.75. The number of esters is 1. The van der Waals surface area contributed by atoms with E-state index in [9.17, 15) is 14.9 Å². The van der Waals surface area contributed by atoms with Crippen molar-refractivity contribution >= 4 is 11.7 Å². The predicted molar refractivity (Wildman–Crippen MR) is 78.4 cm³/mol. The maximum absolute atomic E-state index is 11.9. The maximum atomic E-state index is 11.9. The van der Waals surface area contributed by atoms with Crippen LogP contribution in [0.2, 0.25) is 0 Å². The first kappa shape index (κ1) is 14.7. The molecule has 0 saturated carbocycles. The van der Waals surface area contributed by atoms with E-state index in [0.717, 1.165) is 16.7 Å². The Hall–Kier alpha value is -2.69. The van der Waals surface area contributed by atoms with Crippen LogP contribution >= 0.6 is 0 Å². The molecule has 0 amide bonds. The molecule has 0 atom stereocenters. The third-order valence-electron chi connectivity index (χ3n) is 3.18. The number of aryl methyl sites for hydroxylation is 2. The topological polar surface area (TPSA) is 69.4 Å². The van der Waals surface area contributed by atoms with Gasteiger partial charge in [0.05, 0.1) is 17.4 Å². The van der Waals surface area contributed by atoms with Crippen LogP contribution in [0.5, 0.6) is 5.75 Å². The second-order valence-corrected chi connectivity index (χ2v) is 4.82. The average molecular weight is 285 g/mol. The Morgan fingerprint density at radius 1 is 1.14 bits per heavy atom. The molecule has 0 saturated heterocycles. The van der Waals surface area contributed by atoms with Crippen LogP contribution in [-0.2, 0) is 11.2 Å². The summed E-state index contributed by atoms with van der Waals surface area (Å²) in [4.78, 5) is 22.0. The monoisotopic (exact) mass is 285 g/mol. The zero-order chi connectivity index (χ0) is 15.4. The minimum atomic E-state index is -0.527. The molecule has 0 fully saturated rings. The van der Waals surface area contributed by atoms with Gasteiger partial charge in [0.15, 0.2) is 0 Å². The standard InChI is InChI=1S/C16H15NO4/c1-11-6-7-13(8-12(11)2)9-16(18)21-15-5-3-4-14(10-15)17(19)20/h3-8,10H,9H2,1-2H3. The molecule has 0 unspecified atom stereocenters. The van der Waals surface area contributed by atoms with E-state index in [0.29, 0.717) is 0 Å². The molecule has 21 heavy (non-hydrogen) atoms. The number of carbonyl (C=O) groups excluding carboxylic acids is 1. The Morgan fingerprint density at radius 3 is 2.57 bits per heavy atom. The summed E-state index contributed by atoms with van der Waals surface area (Å²) in [5, 5.41) is 10.7. The van der Waals surface area contributed by atoms with E-state index < -0.39 is 10.9 Å². The minimum Gasteiger partial charge on any atom is -0.426 e. The van der Waals surface area contributed by atoms with E-state index in [-0.39, 0.29) is 17.9 Å². The highest BCUT2D eigenvalue weighted by Crippen LogP contribution is 2.20. The van der Waals surface area contributed by atoms with Gasteiger partial charge in [0.2, 0.25) is 0 Å². The van der Waals surface area contributed by atoms with Crippen molar-refractivity contribution in [2.45, 2.75) is 20.3 Å². The lowest BCUT2D eigenvalue weighted by atomic mass is 10.0. The fraction of sp³-hybridized carbons (Fsp3) is 0.188. The predicted octanol–water partition coefficient (Wildman–Crippen LogP) is 3.36. The summed E-state index contributed by atoms with van der Waals surface area (Å²) >= 11 is 0. The zero-order valence-electron chi connectivity index (χ0n) is 11.8. The smallest absolute Gasteiger partial charge is 0.315 e. The molecule has 2 aromatic rings. The van der Waals surface area contributed by atoms with E-state index in [1.54, 1.807) is 0 Å².